The van der Waals surface area contributed by atoms with E-state index < -0.39 is 10.6 Å². The van der Waals surface area contributed by atoms with Crippen molar-refractivity contribution in [1.29, 1.82) is 0 Å². The van der Waals surface area contributed by atoms with Crippen LogP contribution in [0.5, 0.6) is 0 Å². The summed E-state index contributed by atoms with van der Waals surface area (Å²) in [6, 6.07) is 0. The average Bonchev–Trinajstić information content (AvgIpc) is 2.44. The molecular weight excluding hydrogens is 284 g/mol. The first-order valence-electron chi connectivity index (χ1n) is 8.63. The first-order valence-corrected chi connectivity index (χ1v) is 8.63. The highest BCUT2D eigenvalue weighted by molar-refractivity contribution is 5.76. The van der Waals surface area contributed by atoms with Gasteiger partial charge in [-0.2, -0.15) is 10.4 Å². The summed E-state index contributed by atoms with van der Waals surface area (Å²) in [4.78, 5) is 9.30. The van der Waals surface area contributed by atoms with Gasteiger partial charge in [-0.15, -0.1) is 0 Å². The van der Waals surface area contributed by atoms with Crippen molar-refractivity contribution in [2.45, 2.75) is 97.1 Å². The molecule has 0 rings (SSSR count). The van der Waals surface area contributed by atoms with Crippen LogP contribution in [-0.4, -0.2) is 27.0 Å². The Morgan fingerprint density at radius 3 is 1.86 bits per heavy atom. The topological polar surface area (TPSA) is 92.6 Å². The number of carbonyl (C=O) groups is 1. The van der Waals surface area contributed by atoms with Gasteiger partial charge >= 0.3 is 0 Å². The number of hydrogen-bond acceptors (Lipinski definition) is 4. The van der Waals surface area contributed by atoms with E-state index in [4.69, 9.17) is 10.4 Å². The molecule has 0 aromatic rings. The molecule has 6 heteroatoms. The van der Waals surface area contributed by atoms with Crippen molar-refractivity contribution in [2.24, 2.45) is 0 Å². The Morgan fingerprint density at radius 1 is 1.00 bits per heavy atom. The summed E-state index contributed by atoms with van der Waals surface area (Å²) >= 11 is 0. The second-order valence-electron chi connectivity index (χ2n) is 6.30. The molecule has 1 unspecified atom stereocenters. The smallest absolute Gasteiger partial charge is 0.232 e. The van der Waals surface area contributed by atoms with E-state index in [9.17, 15) is 10.0 Å². The van der Waals surface area contributed by atoms with Crippen LogP contribution < -0.4 is 5.32 Å². The van der Waals surface area contributed by atoms with Gasteiger partial charge in [0.25, 0.3) is 0 Å². The van der Waals surface area contributed by atoms with Crippen LogP contribution in [0, 0.1) is 5.21 Å². The number of nitrogens with zero attached hydrogens (tertiary/aromatic N) is 1. The normalized spacial score (nSPS) is 14.6. The Bertz CT molecular complexity index is 305. The molecule has 0 spiro atoms. The quantitative estimate of drug-likeness (QED) is 0.205. The summed E-state index contributed by atoms with van der Waals surface area (Å²) in [5.41, 5.74) is -1.61. The first-order chi connectivity index (χ1) is 10.3. The van der Waals surface area contributed by atoms with Gasteiger partial charge in [0.2, 0.25) is 11.6 Å². The molecule has 1 atom stereocenters. The molecule has 0 bridgehead atoms. The van der Waals surface area contributed by atoms with Crippen LogP contribution in [0.3, 0.4) is 0 Å². The minimum atomic E-state index is -2.49. The third kappa shape index (κ3) is 8.68. The Hall–Kier alpha value is -0.690. The fourth-order valence-corrected chi connectivity index (χ4v) is 2.33. The zero-order valence-corrected chi connectivity index (χ0v) is 14.4. The van der Waals surface area contributed by atoms with E-state index in [-0.39, 0.29) is 12.3 Å². The molecule has 0 aromatic heterocycles. The van der Waals surface area contributed by atoms with Gasteiger partial charge in [-0.25, -0.2) is 0 Å². The summed E-state index contributed by atoms with van der Waals surface area (Å²) in [7, 11) is 0. The maximum Gasteiger partial charge on any atom is 0.232 e. The van der Waals surface area contributed by atoms with Crippen molar-refractivity contribution in [3.8, 4) is 0 Å². The van der Waals surface area contributed by atoms with Crippen LogP contribution in [0.4, 0.5) is 0 Å². The van der Waals surface area contributed by atoms with Gasteiger partial charge in [0.05, 0.1) is 0 Å². The van der Waals surface area contributed by atoms with Gasteiger partial charge in [0.15, 0.2) is 0 Å². The second kappa shape index (κ2) is 10.9. The van der Waals surface area contributed by atoms with Gasteiger partial charge in [-0.05, 0) is 6.42 Å². The Balaban J connectivity index is 3.74. The Morgan fingerprint density at radius 2 is 1.45 bits per heavy atom. The molecule has 0 heterocycles. The molecule has 0 aliphatic rings. The molecule has 0 saturated heterocycles. The number of hydroxylamine groups is 3. The fourth-order valence-electron chi connectivity index (χ4n) is 2.33. The molecule has 0 saturated carbocycles. The van der Waals surface area contributed by atoms with E-state index in [1.54, 1.807) is 6.92 Å². The molecule has 0 aliphatic carbocycles. The minimum absolute atomic E-state index is 0.132. The second-order valence-corrected chi connectivity index (χ2v) is 6.30. The molecule has 0 radical (unpaired) electrons. The van der Waals surface area contributed by atoms with Crippen LogP contribution in [0.2, 0.25) is 0 Å². The lowest BCUT2D eigenvalue weighted by Crippen LogP contribution is -2.64. The highest BCUT2D eigenvalue weighted by Gasteiger charge is 2.41. The lowest BCUT2D eigenvalue weighted by molar-refractivity contribution is -1.24. The third-order valence-corrected chi connectivity index (χ3v) is 4.25. The van der Waals surface area contributed by atoms with Crippen LogP contribution in [0.1, 0.15) is 91.4 Å². The molecule has 0 aliphatic heterocycles. The van der Waals surface area contributed by atoms with Crippen molar-refractivity contribution in [3.63, 3.8) is 0 Å². The number of carbonyl (C=O) groups excluding carboxylic acids is 1. The van der Waals surface area contributed by atoms with E-state index in [0.717, 1.165) is 19.3 Å². The molecular formula is C16H34N2O4. The van der Waals surface area contributed by atoms with Crippen LogP contribution in [0.15, 0.2) is 0 Å². The summed E-state index contributed by atoms with van der Waals surface area (Å²) in [5.74, 6) is -0.311. The zero-order valence-electron chi connectivity index (χ0n) is 14.4. The van der Waals surface area contributed by atoms with Gasteiger partial charge < -0.3 is 5.21 Å². The molecule has 0 aromatic carbocycles. The van der Waals surface area contributed by atoms with Crippen molar-refractivity contribution in [1.82, 2.24) is 5.32 Å². The molecule has 0 fully saturated rings. The number of rotatable bonds is 13. The maximum atomic E-state index is 11.8. The summed E-state index contributed by atoms with van der Waals surface area (Å²) in [6.07, 6.45) is 10.9. The largest absolute Gasteiger partial charge is 0.563 e. The lowest BCUT2D eigenvalue weighted by atomic mass is 10.1. The Kier molecular flexibility index (Phi) is 10.6. The predicted molar refractivity (Wildman–Crippen MR) is 85.9 cm³/mol. The van der Waals surface area contributed by atoms with Crippen LogP contribution >= 0.6 is 0 Å². The number of amides is 1. The van der Waals surface area contributed by atoms with E-state index >= 15 is 0 Å². The van der Waals surface area contributed by atoms with Gasteiger partial charge in [0.1, 0.15) is 0 Å². The van der Waals surface area contributed by atoms with Crippen molar-refractivity contribution in [2.75, 3.05) is 0 Å². The number of hydrogen-bond donors (Lipinski definition) is 3. The summed E-state index contributed by atoms with van der Waals surface area (Å²) < 4.78 is 0. The first kappa shape index (κ1) is 21.3. The maximum absolute atomic E-state index is 11.8. The van der Waals surface area contributed by atoms with Crippen LogP contribution in [-0.2, 0) is 4.79 Å². The lowest BCUT2D eigenvalue weighted by Gasteiger charge is -2.41. The number of unbranched alkanes of at least 4 members (excludes halogenated alkanes) is 8. The van der Waals surface area contributed by atoms with E-state index in [1.165, 1.54) is 45.4 Å². The van der Waals surface area contributed by atoms with Crippen LogP contribution in [0.25, 0.3) is 0 Å². The minimum Gasteiger partial charge on any atom is -0.563 e. The molecule has 3 N–H and O–H groups in total. The monoisotopic (exact) mass is 318 g/mol. The Labute approximate surface area is 134 Å². The van der Waals surface area contributed by atoms with E-state index in [0.29, 0.717) is 6.42 Å². The summed E-state index contributed by atoms with van der Waals surface area (Å²) in [5, 5.41) is 32.0. The molecule has 6 nitrogen and oxygen atoms in total. The average molecular weight is 318 g/mol. The fraction of sp³-hybridized carbons (Fsp3) is 0.938. The molecule has 22 heavy (non-hydrogen) atoms. The standard InChI is InChI=1S/C16H34N2O4/c1-4-6-7-8-9-10-11-12-13-14-15(19)17-16(3,5-2)18(20,21)22/h20-21H,4-14H2,1-3H3,(H,17,19). The summed E-state index contributed by atoms with van der Waals surface area (Å²) in [6.45, 7) is 5.16. The van der Waals surface area contributed by atoms with E-state index in [2.05, 4.69) is 12.2 Å². The van der Waals surface area contributed by atoms with Gasteiger partial charge in [-0.3, -0.25) is 10.1 Å². The predicted octanol–water partition coefficient (Wildman–Crippen LogP) is 4.24. The highest BCUT2D eigenvalue weighted by Crippen LogP contribution is 2.19. The van der Waals surface area contributed by atoms with Crippen molar-refractivity contribution < 1.29 is 20.2 Å². The van der Waals surface area contributed by atoms with Gasteiger partial charge in [0, 0.05) is 19.8 Å². The third-order valence-electron chi connectivity index (χ3n) is 4.25. The molecule has 132 valence electrons. The SMILES string of the molecule is CCCCCCCCCCCC(=O)NC(C)(CC)[N+]([O-])(O)O. The zero-order chi connectivity index (χ0) is 17.1. The number of quaternary nitrogens is 1. The number of nitrogens with one attached hydrogen (secondary N) is 1. The van der Waals surface area contributed by atoms with Crippen molar-refractivity contribution in [3.05, 3.63) is 5.21 Å². The highest BCUT2D eigenvalue weighted by atomic mass is 17.1. The molecule has 1 amide bonds. The van der Waals surface area contributed by atoms with E-state index in [1.807, 2.05) is 0 Å². The van der Waals surface area contributed by atoms with Crippen molar-refractivity contribution >= 4 is 5.91 Å². The van der Waals surface area contributed by atoms with Gasteiger partial charge in [-0.1, -0.05) is 70.2 Å².